The number of hydrogen-bond donors (Lipinski definition) is 0. The Morgan fingerprint density at radius 2 is 1.90 bits per heavy atom. The lowest BCUT2D eigenvalue weighted by Crippen LogP contribution is -2.68. The molecule has 4 aliphatic rings. The highest BCUT2D eigenvalue weighted by Crippen LogP contribution is 2.42. The second kappa shape index (κ2) is 7.94. The molecule has 0 radical (unpaired) electrons. The van der Waals surface area contributed by atoms with Crippen LogP contribution in [0.3, 0.4) is 0 Å². The SMILES string of the molecule is CC1=CCC2N1CCN(C)C21CCN(C(=O)C2C=CC(OCC(F)(F)F)=CC2)CC1. The van der Waals surface area contributed by atoms with Crippen molar-refractivity contribution >= 4 is 5.91 Å². The first kappa shape index (κ1) is 21.3. The van der Waals surface area contributed by atoms with Gasteiger partial charge in [0.05, 0.1) is 12.0 Å². The number of hydrogen-bond acceptors (Lipinski definition) is 4. The van der Waals surface area contributed by atoms with E-state index in [1.807, 2.05) is 4.90 Å². The maximum absolute atomic E-state index is 13.0. The number of fused-ring (bicyclic) bond motifs is 2. The van der Waals surface area contributed by atoms with E-state index < -0.39 is 12.8 Å². The van der Waals surface area contributed by atoms with E-state index in [0.717, 1.165) is 45.4 Å². The highest BCUT2D eigenvalue weighted by molar-refractivity contribution is 5.81. The van der Waals surface area contributed by atoms with Gasteiger partial charge in [-0.25, -0.2) is 0 Å². The fourth-order valence-corrected chi connectivity index (χ4v) is 5.47. The van der Waals surface area contributed by atoms with Crippen LogP contribution in [-0.4, -0.2) is 78.2 Å². The Morgan fingerprint density at radius 1 is 1.17 bits per heavy atom. The summed E-state index contributed by atoms with van der Waals surface area (Å²) in [5.41, 5.74) is 1.47. The van der Waals surface area contributed by atoms with E-state index in [-0.39, 0.29) is 23.1 Å². The van der Waals surface area contributed by atoms with Crippen LogP contribution in [-0.2, 0) is 9.53 Å². The van der Waals surface area contributed by atoms with Crippen LogP contribution in [0.1, 0.15) is 32.6 Å². The van der Waals surface area contributed by atoms with E-state index in [1.54, 1.807) is 12.2 Å². The van der Waals surface area contributed by atoms with Gasteiger partial charge in [0.15, 0.2) is 6.61 Å². The number of piperidine rings is 1. The maximum atomic E-state index is 13.0. The van der Waals surface area contributed by atoms with E-state index in [1.165, 1.54) is 11.8 Å². The second-order valence-corrected chi connectivity index (χ2v) is 8.85. The second-order valence-electron chi connectivity index (χ2n) is 8.85. The summed E-state index contributed by atoms with van der Waals surface area (Å²) in [4.78, 5) is 20.0. The summed E-state index contributed by atoms with van der Waals surface area (Å²) in [5, 5.41) is 0. The number of carbonyl (C=O) groups excluding carboxylic acids is 1. The Morgan fingerprint density at radius 3 is 2.53 bits per heavy atom. The predicted octanol–water partition coefficient (Wildman–Crippen LogP) is 3.31. The van der Waals surface area contributed by atoms with Crippen molar-refractivity contribution in [3.05, 3.63) is 35.8 Å². The molecule has 2 saturated heterocycles. The number of likely N-dealkylation sites (N-methyl/N-ethyl adjacent to an activating group) is 1. The molecule has 1 amide bonds. The van der Waals surface area contributed by atoms with Crippen molar-refractivity contribution in [2.45, 2.75) is 50.4 Å². The van der Waals surface area contributed by atoms with E-state index >= 15 is 0 Å². The Labute approximate surface area is 175 Å². The van der Waals surface area contributed by atoms with Crippen molar-refractivity contribution in [1.82, 2.24) is 14.7 Å². The lowest BCUT2D eigenvalue weighted by atomic mass is 9.76. The topological polar surface area (TPSA) is 36.0 Å². The number of allylic oxidation sites excluding steroid dienone is 3. The van der Waals surface area contributed by atoms with Crippen LogP contribution >= 0.6 is 0 Å². The Hall–Kier alpha value is -1.96. The number of carbonyl (C=O) groups is 1. The molecule has 0 aromatic carbocycles. The zero-order valence-corrected chi connectivity index (χ0v) is 17.6. The molecule has 3 heterocycles. The maximum Gasteiger partial charge on any atom is 0.422 e. The van der Waals surface area contributed by atoms with Gasteiger partial charge in [0.2, 0.25) is 5.91 Å². The monoisotopic (exact) mass is 425 g/mol. The van der Waals surface area contributed by atoms with Crippen molar-refractivity contribution < 1.29 is 22.7 Å². The minimum atomic E-state index is -4.36. The molecule has 1 aliphatic carbocycles. The summed E-state index contributed by atoms with van der Waals surface area (Å²) >= 11 is 0. The van der Waals surface area contributed by atoms with Gasteiger partial charge in [0.1, 0.15) is 5.76 Å². The first-order chi connectivity index (χ1) is 14.2. The largest absolute Gasteiger partial charge is 0.484 e. The minimum absolute atomic E-state index is 0.0586. The van der Waals surface area contributed by atoms with Gasteiger partial charge in [0, 0.05) is 37.4 Å². The van der Waals surface area contributed by atoms with E-state index in [9.17, 15) is 18.0 Å². The van der Waals surface area contributed by atoms with Crippen molar-refractivity contribution in [3.8, 4) is 0 Å². The zero-order valence-electron chi connectivity index (χ0n) is 17.6. The molecule has 166 valence electrons. The summed E-state index contributed by atoms with van der Waals surface area (Å²) in [7, 11) is 2.21. The number of likely N-dealkylation sites (tertiary alicyclic amines) is 1. The zero-order chi connectivity index (χ0) is 21.5. The molecular weight excluding hydrogens is 395 g/mol. The third kappa shape index (κ3) is 3.98. The van der Waals surface area contributed by atoms with Crippen LogP contribution in [0.4, 0.5) is 13.2 Å². The van der Waals surface area contributed by atoms with Gasteiger partial charge < -0.3 is 14.5 Å². The average molecular weight is 425 g/mol. The molecule has 0 aromatic heterocycles. The Kier molecular flexibility index (Phi) is 5.64. The number of alkyl halides is 3. The fourth-order valence-electron chi connectivity index (χ4n) is 5.47. The number of rotatable bonds is 3. The molecule has 0 saturated carbocycles. The molecule has 2 atom stereocenters. The van der Waals surface area contributed by atoms with Crippen LogP contribution in [0.15, 0.2) is 35.8 Å². The smallest absolute Gasteiger partial charge is 0.422 e. The number of ether oxygens (including phenoxy) is 1. The van der Waals surface area contributed by atoms with Crippen LogP contribution in [0.2, 0.25) is 0 Å². The third-order valence-corrected chi connectivity index (χ3v) is 7.25. The summed E-state index contributed by atoms with van der Waals surface area (Å²) < 4.78 is 41.6. The summed E-state index contributed by atoms with van der Waals surface area (Å²) in [6.45, 7) is 4.41. The first-order valence-corrected chi connectivity index (χ1v) is 10.7. The lowest BCUT2D eigenvalue weighted by molar-refractivity contribution is -0.164. The molecule has 2 unspecified atom stereocenters. The molecular formula is C22H30F3N3O2. The molecule has 0 N–H and O–H groups in total. The van der Waals surface area contributed by atoms with Crippen LogP contribution < -0.4 is 0 Å². The highest BCUT2D eigenvalue weighted by atomic mass is 19.4. The first-order valence-electron chi connectivity index (χ1n) is 10.7. The molecule has 3 aliphatic heterocycles. The number of halogens is 3. The average Bonchev–Trinajstić information content (AvgIpc) is 3.11. The van der Waals surface area contributed by atoms with Gasteiger partial charge in [-0.1, -0.05) is 12.2 Å². The van der Waals surface area contributed by atoms with E-state index in [0.29, 0.717) is 12.5 Å². The number of amides is 1. The molecule has 0 aromatic rings. The molecule has 8 heteroatoms. The van der Waals surface area contributed by atoms with Gasteiger partial charge in [-0.15, -0.1) is 0 Å². The summed E-state index contributed by atoms with van der Waals surface area (Å²) in [6.07, 6.45) is 6.07. The van der Waals surface area contributed by atoms with Crippen molar-refractivity contribution in [2.24, 2.45) is 5.92 Å². The van der Waals surface area contributed by atoms with E-state index in [2.05, 4.69) is 29.8 Å². The Bertz CT molecular complexity index is 766. The fraction of sp³-hybridized carbons (Fsp3) is 0.682. The molecule has 4 rings (SSSR count). The van der Waals surface area contributed by atoms with Crippen molar-refractivity contribution in [3.63, 3.8) is 0 Å². The molecule has 0 bridgehead atoms. The minimum Gasteiger partial charge on any atom is -0.484 e. The highest BCUT2D eigenvalue weighted by Gasteiger charge is 2.51. The van der Waals surface area contributed by atoms with Gasteiger partial charge >= 0.3 is 6.18 Å². The van der Waals surface area contributed by atoms with Crippen LogP contribution in [0, 0.1) is 5.92 Å². The summed E-state index contributed by atoms with van der Waals surface area (Å²) in [5.74, 6) is -0.0847. The normalized spacial score (nSPS) is 29.0. The third-order valence-electron chi connectivity index (χ3n) is 7.25. The van der Waals surface area contributed by atoms with Gasteiger partial charge in [-0.3, -0.25) is 9.69 Å². The summed E-state index contributed by atoms with van der Waals surface area (Å²) in [6, 6.07) is 0.486. The lowest BCUT2D eigenvalue weighted by Gasteiger charge is -2.57. The Balaban J connectivity index is 1.33. The van der Waals surface area contributed by atoms with Crippen molar-refractivity contribution in [2.75, 3.05) is 39.8 Å². The van der Waals surface area contributed by atoms with E-state index in [4.69, 9.17) is 4.74 Å². The van der Waals surface area contributed by atoms with Crippen LogP contribution in [0.25, 0.3) is 0 Å². The molecule has 5 nitrogen and oxygen atoms in total. The van der Waals surface area contributed by atoms with Gasteiger partial charge in [-0.2, -0.15) is 13.2 Å². The van der Waals surface area contributed by atoms with Gasteiger partial charge in [0.25, 0.3) is 0 Å². The molecule has 2 fully saturated rings. The predicted molar refractivity (Wildman–Crippen MR) is 107 cm³/mol. The quantitative estimate of drug-likeness (QED) is 0.695. The van der Waals surface area contributed by atoms with Crippen LogP contribution in [0.5, 0.6) is 0 Å². The standard InChI is InChI=1S/C22H30F3N3O2/c1-16-3-8-19-21(26(2)13-14-28(16)19)9-11-27(12-10-21)20(29)17-4-6-18(7-5-17)30-15-22(23,24)25/h3-4,6-7,17,19H,5,8-15H2,1-2H3. The number of piperazine rings is 1. The molecule has 30 heavy (non-hydrogen) atoms. The van der Waals surface area contributed by atoms with Crippen molar-refractivity contribution in [1.29, 1.82) is 0 Å². The molecule has 1 spiro atoms. The number of nitrogens with zero attached hydrogens (tertiary/aromatic N) is 3. The van der Waals surface area contributed by atoms with Gasteiger partial charge in [-0.05, 0) is 51.8 Å².